The molecule has 1 aromatic rings. The number of rotatable bonds is 8. The second-order valence-electron chi connectivity index (χ2n) is 4.98. The van der Waals surface area contributed by atoms with Crippen LogP contribution in [0.5, 0.6) is 5.75 Å². The SMILES string of the molecule is CC(C)c1ccc(OCC(=O)NC(CCO)C(=O)O)cc1. The van der Waals surface area contributed by atoms with E-state index in [1.54, 1.807) is 12.1 Å². The van der Waals surface area contributed by atoms with Gasteiger partial charge in [-0.15, -0.1) is 0 Å². The van der Waals surface area contributed by atoms with E-state index in [4.69, 9.17) is 14.9 Å². The van der Waals surface area contributed by atoms with Gasteiger partial charge in [-0.25, -0.2) is 4.79 Å². The first-order valence-electron chi connectivity index (χ1n) is 6.79. The average Bonchev–Trinajstić information content (AvgIpc) is 2.45. The van der Waals surface area contributed by atoms with Crippen LogP contribution < -0.4 is 10.1 Å². The maximum atomic E-state index is 11.6. The molecule has 0 aliphatic rings. The molecule has 6 nitrogen and oxygen atoms in total. The quantitative estimate of drug-likeness (QED) is 0.668. The molecule has 0 aliphatic carbocycles. The van der Waals surface area contributed by atoms with Gasteiger partial charge in [-0.2, -0.15) is 0 Å². The van der Waals surface area contributed by atoms with Gasteiger partial charge in [0.25, 0.3) is 5.91 Å². The fourth-order valence-corrected chi connectivity index (χ4v) is 1.72. The second-order valence-corrected chi connectivity index (χ2v) is 4.98. The zero-order chi connectivity index (χ0) is 15.8. The van der Waals surface area contributed by atoms with Crippen LogP contribution in [0.2, 0.25) is 0 Å². The van der Waals surface area contributed by atoms with Gasteiger partial charge in [0, 0.05) is 13.0 Å². The standard InChI is InChI=1S/C15H21NO5/c1-10(2)11-3-5-12(6-4-11)21-9-14(18)16-13(7-8-17)15(19)20/h3-6,10,13,17H,7-9H2,1-2H3,(H,16,18)(H,19,20). The first-order chi connectivity index (χ1) is 9.93. The third-order valence-electron chi connectivity index (χ3n) is 2.97. The highest BCUT2D eigenvalue weighted by atomic mass is 16.5. The van der Waals surface area contributed by atoms with Crippen molar-refractivity contribution in [2.24, 2.45) is 0 Å². The molecule has 1 amide bonds. The zero-order valence-corrected chi connectivity index (χ0v) is 12.2. The van der Waals surface area contributed by atoms with Crippen LogP contribution in [0, 0.1) is 0 Å². The van der Waals surface area contributed by atoms with E-state index in [0.717, 1.165) is 0 Å². The molecule has 0 saturated carbocycles. The zero-order valence-electron chi connectivity index (χ0n) is 12.2. The van der Waals surface area contributed by atoms with E-state index in [2.05, 4.69) is 19.2 Å². The predicted octanol–water partition coefficient (Wildman–Crippen LogP) is 1.14. The Morgan fingerprint density at radius 3 is 2.33 bits per heavy atom. The van der Waals surface area contributed by atoms with Crippen LogP contribution >= 0.6 is 0 Å². The number of carbonyl (C=O) groups excluding carboxylic acids is 1. The molecule has 1 unspecified atom stereocenters. The van der Waals surface area contributed by atoms with Crippen molar-refractivity contribution < 1.29 is 24.5 Å². The normalized spacial score (nSPS) is 12.0. The monoisotopic (exact) mass is 295 g/mol. The highest BCUT2D eigenvalue weighted by molar-refractivity contribution is 5.84. The van der Waals surface area contributed by atoms with Crippen LogP contribution in [-0.2, 0) is 9.59 Å². The minimum Gasteiger partial charge on any atom is -0.484 e. The fraction of sp³-hybridized carbons (Fsp3) is 0.467. The van der Waals surface area contributed by atoms with Gasteiger partial charge in [0.2, 0.25) is 0 Å². The van der Waals surface area contributed by atoms with Gasteiger partial charge in [0.05, 0.1) is 0 Å². The van der Waals surface area contributed by atoms with Gasteiger partial charge in [-0.05, 0) is 23.6 Å². The van der Waals surface area contributed by atoms with E-state index in [1.165, 1.54) is 5.56 Å². The lowest BCUT2D eigenvalue weighted by Crippen LogP contribution is -2.43. The maximum absolute atomic E-state index is 11.6. The number of hydrogen-bond acceptors (Lipinski definition) is 4. The van der Waals surface area contributed by atoms with E-state index in [1.807, 2.05) is 12.1 Å². The summed E-state index contributed by atoms with van der Waals surface area (Å²) in [7, 11) is 0. The summed E-state index contributed by atoms with van der Waals surface area (Å²) in [4.78, 5) is 22.4. The number of benzene rings is 1. The molecular weight excluding hydrogens is 274 g/mol. The number of ether oxygens (including phenoxy) is 1. The van der Waals surface area contributed by atoms with Gasteiger partial charge < -0.3 is 20.3 Å². The van der Waals surface area contributed by atoms with Crippen molar-refractivity contribution in [3.8, 4) is 5.75 Å². The van der Waals surface area contributed by atoms with Crippen molar-refractivity contribution in [2.45, 2.75) is 32.2 Å². The van der Waals surface area contributed by atoms with Crippen molar-refractivity contribution in [3.05, 3.63) is 29.8 Å². The molecule has 0 spiro atoms. The summed E-state index contributed by atoms with van der Waals surface area (Å²) in [6, 6.07) is 6.28. The molecule has 0 radical (unpaired) electrons. The smallest absolute Gasteiger partial charge is 0.326 e. The Kier molecular flexibility index (Phi) is 6.68. The average molecular weight is 295 g/mol. The fourth-order valence-electron chi connectivity index (χ4n) is 1.72. The van der Waals surface area contributed by atoms with Crippen molar-refractivity contribution >= 4 is 11.9 Å². The van der Waals surface area contributed by atoms with Crippen molar-refractivity contribution in [1.82, 2.24) is 5.32 Å². The Morgan fingerprint density at radius 2 is 1.86 bits per heavy atom. The molecule has 3 N–H and O–H groups in total. The van der Waals surface area contributed by atoms with Gasteiger partial charge in [0.15, 0.2) is 6.61 Å². The summed E-state index contributed by atoms with van der Waals surface area (Å²) < 4.78 is 5.29. The number of nitrogens with one attached hydrogen (secondary N) is 1. The first-order valence-corrected chi connectivity index (χ1v) is 6.79. The summed E-state index contributed by atoms with van der Waals surface area (Å²) in [5, 5.41) is 19.9. The Balaban J connectivity index is 2.46. The molecule has 6 heteroatoms. The van der Waals surface area contributed by atoms with Gasteiger partial charge in [0.1, 0.15) is 11.8 Å². The summed E-state index contributed by atoms with van der Waals surface area (Å²) in [5.41, 5.74) is 1.17. The molecule has 0 aliphatic heterocycles. The molecule has 1 aromatic carbocycles. The summed E-state index contributed by atoms with van der Waals surface area (Å²) >= 11 is 0. The molecule has 1 rings (SSSR count). The van der Waals surface area contributed by atoms with Crippen LogP contribution in [-0.4, -0.2) is 41.3 Å². The molecule has 0 saturated heterocycles. The predicted molar refractivity (Wildman–Crippen MR) is 77.3 cm³/mol. The van der Waals surface area contributed by atoms with E-state index < -0.39 is 17.9 Å². The molecule has 0 heterocycles. The van der Waals surface area contributed by atoms with Crippen molar-refractivity contribution in [3.63, 3.8) is 0 Å². The largest absolute Gasteiger partial charge is 0.484 e. The Bertz CT molecular complexity index is 469. The van der Waals surface area contributed by atoms with E-state index >= 15 is 0 Å². The number of carbonyl (C=O) groups is 2. The minimum atomic E-state index is -1.18. The summed E-state index contributed by atoms with van der Waals surface area (Å²) in [6.07, 6.45) is -0.0375. The topological polar surface area (TPSA) is 95.9 Å². The Morgan fingerprint density at radius 1 is 1.24 bits per heavy atom. The van der Waals surface area contributed by atoms with Crippen LogP contribution in [0.15, 0.2) is 24.3 Å². The summed E-state index contributed by atoms with van der Waals surface area (Å²) in [5.74, 6) is -0.761. The van der Waals surface area contributed by atoms with Gasteiger partial charge in [-0.3, -0.25) is 4.79 Å². The van der Waals surface area contributed by atoms with Gasteiger partial charge >= 0.3 is 5.97 Å². The number of carboxylic acid groups (broad SMARTS) is 1. The number of amides is 1. The first kappa shape index (κ1) is 17.0. The Labute approximate surface area is 123 Å². The number of aliphatic hydroxyl groups excluding tert-OH is 1. The molecule has 0 aromatic heterocycles. The summed E-state index contributed by atoms with van der Waals surface area (Å²) in [6.45, 7) is 3.58. The van der Waals surface area contributed by atoms with Crippen LogP contribution in [0.3, 0.4) is 0 Å². The lowest BCUT2D eigenvalue weighted by atomic mass is 10.0. The number of aliphatic carboxylic acids is 1. The minimum absolute atomic E-state index is 0.0375. The van der Waals surface area contributed by atoms with Crippen LogP contribution in [0.1, 0.15) is 31.7 Å². The molecule has 1 atom stereocenters. The van der Waals surface area contributed by atoms with Crippen LogP contribution in [0.25, 0.3) is 0 Å². The Hall–Kier alpha value is -2.08. The maximum Gasteiger partial charge on any atom is 0.326 e. The van der Waals surface area contributed by atoms with E-state index in [0.29, 0.717) is 11.7 Å². The highest BCUT2D eigenvalue weighted by Gasteiger charge is 2.19. The number of carboxylic acids is 1. The second kappa shape index (κ2) is 8.26. The third-order valence-corrected chi connectivity index (χ3v) is 2.97. The molecule has 21 heavy (non-hydrogen) atoms. The number of hydrogen-bond donors (Lipinski definition) is 3. The molecule has 116 valence electrons. The number of aliphatic hydroxyl groups is 1. The molecular formula is C15H21NO5. The third kappa shape index (κ3) is 5.83. The highest BCUT2D eigenvalue weighted by Crippen LogP contribution is 2.18. The molecule has 0 fully saturated rings. The van der Waals surface area contributed by atoms with Crippen LogP contribution in [0.4, 0.5) is 0 Å². The van der Waals surface area contributed by atoms with Crippen molar-refractivity contribution in [1.29, 1.82) is 0 Å². The lowest BCUT2D eigenvalue weighted by molar-refractivity contribution is -0.142. The van der Waals surface area contributed by atoms with E-state index in [-0.39, 0.29) is 19.6 Å². The lowest BCUT2D eigenvalue weighted by Gasteiger charge is -2.14. The van der Waals surface area contributed by atoms with Crippen molar-refractivity contribution in [2.75, 3.05) is 13.2 Å². The van der Waals surface area contributed by atoms with Gasteiger partial charge in [-0.1, -0.05) is 26.0 Å². The molecule has 0 bridgehead atoms. The van der Waals surface area contributed by atoms with E-state index in [9.17, 15) is 9.59 Å².